The lowest BCUT2D eigenvalue weighted by molar-refractivity contribution is -1.20. The Balaban J connectivity index is 1.99. The van der Waals surface area contributed by atoms with Gasteiger partial charge in [0, 0.05) is 4.96 Å². The first kappa shape index (κ1) is 5.18. The minimum atomic E-state index is -1.43. The number of nitrogens with zero attached hydrogens (tertiary/aromatic N) is 1. The normalized spacial score (nSPS) is 14.2. The molecule has 0 spiro atoms. The first-order chi connectivity index (χ1) is 3.79. The van der Waals surface area contributed by atoms with Crippen LogP contribution in [0.5, 0.6) is 0 Å². The van der Waals surface area contributed by atoms with E-state index >= 15 is 0 Å². The van der Waals surface area contributed by atoms with Crippen LogP contribution >= 0.6 is 0 Å². The Morgan fingerprint density at radius 2 is 2.62 bits per heavy atom. The molecule has 0 saturated heterocycles. The van der Waals surface area contributed by atoms with Gasteiger partial charge in [0.05, 0.1) is 0 Å². The van der Waals surface area contributed by atoms with Gasteiger partial charge in [0.15, 0.2) is 0 Å². The molecule has 0 bridgehead atoms. The van der Waals surface area contributed by atoms with Gasteiger partial charge >= 0.3 is 0 Å². The van der Waals surface area contributed by atoms with E-state index in [1.807, 2.05) is 5.59 Å². The minimum absolute atomic E-state index is 0.869. The summed E-state index contributed by atoms with van der Waals surface area (Å²) >= 11 is 0. The molecule has 0 aliphatic heterocycles. The van der Waals surface area contributed by atoms with Gasteiger partial charge in [-0.15, -0.1) is 0 Å². The summed E-state index contributed by atoms with van der Waals surface area (Å²) in [5.74, 6) is 0. The smallest absolute Gasteiger partial charge is 0.0337 e. The molecular formula is H4N4O4. The van der Waals surface area contributed by atoms with Crippen LogP contribution in [0.3, 0.4) is 0 Å². The number of hydrogen-bond acceptors (Lipinski definition) is 5. The predicted octanol–water partition coefficient (Wildman–Crippen LogP) is -2.43. The molecule has 0 aliphatic rings. The van der Waals surface area contributed by atoms with Crippen LogP contribution < -0.4 is 11.0 Å². The average molecular weight is 124 g/mol. The minimum Gasteiger partial charge on any atom is -0.564 e. The van der Waals surface area contributed by atoms with Gasteiger partial charge in [0.2, 0.25) is 0 Å². The molecule has 8 heavy (non-hydrogen) atoms. The molecule has 8 heteroatoms. The highest BCUT2D eigenvalue weighted by molar-refractivity contribution is 4.20. The van der Waals surface area contributed by atoms with Crippen molar-refractivity contribution in [1.29, 1.82) is 0 Å². The van der Waals surface area contributed by atoms with Gasteiger partial charge in [-0.3, -0.25) is 0 Å². The summed E-state index contributed by atoms with van der Waals surface area (Å²) in [5.41, 5.74) is 1.86. The molecule has 1 aromatic heterocycles. The van der Waals surface area contributed by atoms with Crippen LogP contribution in [-0.2, 0) is 4.94 Å². The average Bonchev–Trinajstić information content (AvgIpc) is 2.41. The SMILES string of the molecule is [O-][NH+](O)ONn1[nH]o1. The van der Waals surface area contributed by atoms with Crippen molar-refractivity contribution in [3.05, 3.63) is 5.21 Å². The lowest BCUT2D eigenvalue weighted by Crippen LogP contribution is -3.04. The molecule has 8 nitrogen and oxygen atoms in total. The van der Waals surface area contributed by atoms with E-state index in [9.17, 15) is 5.21 Å². The van der Waals surface area contributed by atoms with Crippen molar-refractivity contribution in [2.45, 2.75) is 0 Å². The third kappa shape index (κ3) is 1.66. The van der Waals surface area contributed by atoms with Crippen molar-refractivity contribution in [3.63, 3.8) is 0 Å². The Bertz CT molecular complexity index is 116. The maximum atomic E-state index is 9.54. The molecule has 0 aromatic carbocycles. The van der Waals surface area contributed by atoms with Gasteiger partial charge in [-0.1, -0.05) is 16.3 Å². The molecule has 48 valence electrons. The highest BCUT2D eigenvalue weighted by Crippen LogP contribution is 1.72. The van der Waals surface area contributed by atoms with Gasteiger partial charge in [0.25, 0.3) is 0 Å². The number of nitrogens with one attached hydrogen (secondary N) is 3. The van der Waals surface area contributed by atoms with Crippen molar-refractivity contribution in [1.82, 2.24) is 10.2 Å². The standard InChI is InChI=1S/H4N4O4/c5-4(6)8-2-3-1-7-3/h1-2,4-5H. The zero-order valence-electron chi connectivity index (χ0n) is 3.62. The molecule has 0 aliphatic carbocycles. The van der Waals surface area contributed by atoms with Crippen LogP contribution in [0.1, 0.15) is 0 Å². The summed E-state index contributed by atoms with van der Waals surface area (Å²) in [4.78, 5) is 4.64. The fourth-order valence-electron chi connectivity index (χ4n) is 0.138. The first-order valence-corrected chi connectivity index (χ1v) is 1.67. The second-order valence-corrected chi connectivity index (χ2v) is 0.936. The summed E-state index contributed by atoms with van der Waals surface area (Å²) in [5, 5.41) is 18.0. The van der Waals surface area contributed by atoms with E-state index < -0.39 is 5.39 Å². The van der Waals surface area contributed by atoms with Gasteiger partial charge in [-0.05, 0) is 4.94 Å². The summed E-state index contributed by atoms with van der Waals surface area (Å²) in [6.07, 6.45) is 0. The van der Waals surface area contributed by atoms with E-state index in [0.29, 0.717) is 0 Å². The lowest BCUT2D eigenvalue weighted by atomic mass is 12.5. The molecule has 4 N–H and O–H groups in total. The summed E-state index contributed by atoms with van der Waals surface area (Å²) in [7, 11) is 0. The Morgan fingerprint density at radius 3 is 3.00 bits per heavy atom. The molecule has 0 saturated carbocycles. The van der Waals surface area contributed by atoms with E-state index in [-0.39, 0.29) is 0 Å². The Hall–Kier alpha value is -0.960. The summed E-state index contributed by atoms with van der Waals surface area (Å²) in [6.45, 7) is 0. The monoisotopic (exact) mass is 124 g/mol. The number of aromatic amines is 1. The quantitative estimate of drug-likeness (QED) is 0.335. The van der Waals surface area contributed by atoms with Crippen molar-refractivity contribution in [2.75, 3.05) is 5.59 Å². The molecule has 0 radical (unpaired) electrons. The lowest BCUT2D eigenvalue weighted by Gasteiger charge is -2.05. The van der Waals surface area contributed by atoms with E-state index in [1.165, 1.54) is 0 Å². The van der Waals surface area contributed by atoms with Crippen LogP contribution in [0.15, 0.2) is 4.63 Å². The van der Waals surface area contributed by atoms with E-state index in [1.54, 1.807) is 0 Å². The molecule has 0 fully saturated rings. The zero-order chi connectivity index (χ0) is 5.98. The van der Waals surface area contributed by atoms with Gasteiger partial charge in [0.1, 0.15) is 0 Å². The fraction of sp³-hybridized carbons (Fsp3) is 0. The van der Waals surface area contributed by atoms with Crippen LogP contribution in [0.2, 0.25) is 0 Å². The van der Waals surface area contributed by atoms with E-state index in [4.69, 9.17) is 5.21 Å². The molecule has 1 atom stereocenters. The van der Waals surface area contributed by atoms with Crippen molar-refractivity contribution >= 4 is 0 Å². The molecule has 0 amide bonds. The predicted molar refractivity (Wildman–Crippen MR) is 17.6 cm³/mol. The number of rotatable bonds is 3. The molecule has 1 heterocycles. The largest absolute Gasteiger partial charge is 0.564 e. The van der Waals surface area contributed by atoms with Crippen LogP contribution in [-0.4, -0.2) is 15.4 Å². The van der Waals surface area contributed by atoms with Crippen LogP contribution in [0, 0.1) is 5.21 Å². The highest BCUT2D eigenvalue weighted by Gasteiger charge is 1.95. The molecule has 1 aromatic rings. The maximum absolute atomic E-state index is 9.54. The van der Waals surface area contributed by atoms with Crippen LogP contribution in [0.4, 0.5) is 0 Å². The van der Waals surface area contributed by atoms with Gasteiger partial charge in [-0.2, -0.15) is 5.21 Å². The second-order valence-electron chi connectivity index (χ2n) is 0.936. The number of hydrogen-bond donors (Lipinski definition) is 4. The van der Waals surface area contributed by atoms with Crippen molar-refractivity contribution in [3.8, 4) is 0 Å². The first-order valence-electron chi connectivity index (χ1n) is 1.67. The number of H-pyrrole nitrogens is 1. The second kappa shape index (κ2) is 1.88. The summed E-state index contributed by atoms with van der Waals surface area (Å²) in [6, 6.07) is 0. The highest BCUT2D eigenvalue weighted by atomic mass is 17.1. The van der Waals surface area contributed by atoms with Gasteiger partial charge in [-0.25, -0.2) is 4.63 Å². The van der Waals surface area contributed by atoms with Gasteiger partial charge < -0.3 is 5.21 Å². The number of quaternary nitrogens is 1. The fourth-order valence-corrected chi connectivity index (χ4v) is 0.138. The number of aromatic nitrogens is 2. The third-order valence-electron chi connectivity index (χ3n) is 0.398. The Labute approximate surface area is 42.5 Å². The van der Waals surface area contributed by atoms with Crippen molar-refractivity contribution < 1.29 is 20.2 Å². The summed E-state index contributed by atoms with van der Waals surface area (Å²) < 4.78 is 4.14. The maximum Gasteiger partial charge on any atom is 0.0337 e. The Kier molecular flexibility index (Phi) is 1.22. The van der Waals surface area contributed by atoms with Crippen LogP contribution in [0.25, 0.3) is 0 Å². The van der Waals surface area contributed by atoms with E-state index in [0.717, 1.165) is 4.96 Å². The third-order valence-corrected chi connectivity index (χ3v) is 0.398. The molecule has 1 rings (SSSR count). The topological polar surface area (TPSA) is 103 Å². The van der Waals surface area contributed by atoms with Crippen molar-refractivity contribution in [2.24, 2.45) is 0 Å². The zero-order valence-corrected chi connectivity index (χ0v) is 3.62. The Morgan fingerprint density at radius 1 is 2.00 bits per heavy atom. The molecule has 1 unspecified atom stereocenters. The molecular weight excluding hydrogens is 120 g/mol. The van der Waals surface area contributed by atoms with E-state index in [2.05, 4.69) is 14.8 Å².